The minimum absolute atomic E-state index is 0.264. The van der Waals surface area contributed by atoms with Crippen molar-refractivity contribution in [2.24, 2.45) is 0 Å². The molecule has 0 amide bonds. The van der Waals surface area contributed by atoms with Crippen LogP contribution < -0.4 is 5.73 Å². The standard InChI is InChI=1S/C4H6OS2.C3H4N2S/c1-2-3-5-4(6)7;4-3-5-1-2-6-3/h2H,1,3H2,(H,6,7);1-2H,(H2,4,5). The molecule has 13 heavy (non-hydrogen) atoms. The van der Waals surface area contributed by atoms with Crippen molar-refractivity contribution in [1.82, 2.24) is 4.98 Å². The molecular weight excluding hydrogens is 224 g/mol. The number of ether oxygens (including phenoxy) is 1. The highest BCUT2D eigenvalue weighted by Crippen LogP contribution is 2.02. The van der Waals surface area contributed by atoms with E-state index in [1.54, 1.807) is 12.3 Å². The number of nitrogen functional groups attached to an aromatic ring is 1. The molecule has 1 rings (SSSR count). The summed E-state index contributed by atoms with van der Waals surface area (Å²) in [6.45, 7) is 3.86. The molecule has 0 spiro atoms. The Morgan fingerprint density at radius 3 is 2.77 bits per heavy atom. The number of rotatable bonds is 2. The number of thiol groups is 1. The van der Waals surface area contributed by atoms with E-state index in [0.717, 1.165) is 0 Å². The van der Waals surface area contributed by atoms with Crippen LogP contribution in [0.5, 0.6) is 0 Å². The summed E-state index contributed by atoms with van der Waals surface area (Å²) in [7, 11) is 0. The third kappa shape index (κ3) is 9.32. The van der Waals surface area contributed by atoms with Gasteiger partial charge in [0.05, 0.1) is 0 Å². The fourth-order valence-electron chi connectivity index (χ4n) is 0.365. The van der Waals surface area contributed by atoms with Gasteiger partial charge in [-0.25, -0.2) is 4.98 Å². The maximum atomic E-state index is 5.19. The van der Waals surface area contributed by atoms with Crippen molar-refractivity contribution in [3.05, 3.63) is 24.2 Å². The Morgan fingerprint density at radius 1 is 1.92 bits per heavy atom. The van der Waals surface area contributed by atoms with Crippen LogP contribution in [-0.4, -0.2) is 16.0 Å². The Balaban J connectivity index is 0.000000223. The van der Waals surface area contributed by atoms with Crippen molar-refractivity contribution < 1.29 is 4.74 Å². The zero-order valence-corrected chi connectivity index (χ0v) is 9.37. The minimum atomic E-state index is 0.264. The molecule has 0 aliphatic carbocycles. The molecule has 0 radical (unpaired) electrons. The van der Waals surface area contributed by atoms with Gasteiger partial charge in [0.15, 0.2) is 5.13 Å². The van der Waals surface area contributed by atoms with E-state index in [1.807, 2.05) is 5.38 Å². The lowest BCUT2D eigenvalue weighted by Gasteiger charge is -1.93. The van der Waals surface area contributed by atoms with E-state index in [2.05, 4.69) is 41.1 Å². The first kappa shape index (κ1) is 12.4. The van der Waals surface area contributed by atoms with Gasteiger partial charge in [-0.15, -0.1) is 11.3 Å². The maximum Gasteiger partial charge on any atom is 0.217 e. The first-order chi connectivity index (χ1) is 6.16. The predicted molar refractivity (Wildman–Crippen MR) is 64.3 cm³/mol. The number of aromatic nitrogens is 1. The van der Waals surface area contributed by atoms with Gasteiger partial charge in [-0.2, -0.15) is 0 Å². The molecule has 2 N–H and O–H groups in total. The van der Waals surface area contributed by atoms with Crippen molar-refractivity contribution in [3.8, 4) is 0 Å². The molecule has 3 nitrogen and oxygen atoms in total. The lowest BCUT2D eigenvalue weighted by molar-refractivity contribution is 0.371. The summed E-state index contributed by atoms with van der Waals surface area (Å²) in [5, 5.41) is 2.48. The fourth-order valence-corrected chi connectivity index (χ4v) is 0.890. The second kappa shape index (κ2) is 8.03. The van der Waals surface area contributed by atoms with Gasteiger partial charge >= 0.3 is 0 Å². The Kier molecular flexibility index (Phi) is 7.66. The topological polar surface area (TPSA) is 48.1 Å². The van der Waals surface area contributed by atoms with Gasteiger partial charge in [0.1, 0.15) is 6.61 Å². The van der Waals surface area contributed by atoms with Crippen LogP contribution >= 0.6 is 36.2 Å². The molecule has 0 bridgehead atoms. The van der Waals surface area contributed by atoms with E-state index in [-0.39, 0.29) is 4.38 Å². The van der Waals surface area contributed by atoms with E-state index < -0.39 is 0 Å². The van der Waals surface area contributed by atoms with Crippen LogP contribution in [0.25, 0.3) is 0 Å². The lowest BCUT2D eigenvalue weighted by Crippen LogP contribution is -1.90. The van der Waals surface area contributed by atoms with E-state index in [0.29, 0.717) is 11.7 Å². The van der Waals surface area contributed by atoms with Gasteiger partial charge in [0.2, 0.25) is 4.38 Å². The summed E-state index contributed by atoms with van der Waals surface area (Å²) in [5.74, 6) is 0. The molecule has 0 aliphatic rings. The highest BCUT2D eigenvalue weighted by molar-refractivity contribution is 8.10. The number of nitrogens with zero attached hydrogens (tertiary/aromatic N) is 1. The molecule has 1 aromatic heterocycles. The second-order valence-corrected chi connectivity index (χ2v) is 3.74. The van der Waals surface area contributed by atoms with Crippen molar-refractivity contribution in [1.29, 1.82) is 0 Å². The largest absolute Gasteiger partial charge is 0.475 e. The maximum absolute atomic E-state index is 5.19. The van der Waals surface area contributed by atoms with E-state index in [1.165, 1.54) is 11.3 Å². The molecular formula is C7H10N2OS3. The number of thiocarbonyl (C=S) groups is 1. The van der Waals surface area contributed by atoms with Gasteiger partial charge in [-0.1, -0.05) is 25.3 Å². The van der Waals surface area contributed by atoms with Gasteiger partial charge in [0, 0.05) is 11.6 Å². The third-order valence-electron chi connectivity index (χ3n) is 0.776. The predicted octanol–water partition coefficient (Wildman–Crippen LogP) is 2.13. The quantitative estimate of drug-likeness (QED) is 0.467. The van der Waals surface area contributed by atoms with Crippen molar-refractivity contribution in [2.45, 2.75) is 0 Å². The van der Waals surface area contributed by atoms with Crippen LogP contribution in [0.4, 0.5) is 5.13 Å². The molecule has 1 heterocycles. The Hall–Kier alpha value is -0.590. The average molecular weight is 234 g/mol. The number of hydrogen-bond donors (Lipinski definition) is 2. The lowest BCUT2D eigenvalue weighted by atomic mass is 10.7. The second-order valence-electron chi connectivity index (χ2n) is 1.74. The number of hydrogen-bond acceptors (Lipinski definition) is 5. The SMILES string of the molecule is C=CCOC(=S)S.Nc1nccs1. The summed E-state index contributed by atoms with van der Waals surface area (Å²) in [4.78, 5) is 3.71. The highest BCUT2D eigenvalue weighted by Gasteiger charge is 1.79. The van der Waals surface area contributed by atoms with Crippen molar-refractivity contribution in [2.75, 3.05) is 12.3 Å². The molecule has 0 aliphatic heterocycles. The van der Waals surface area contributed by atoms with Crippen molar-refractivity contribution >= 4 is 45.7 Å². The normalized spacial score (nSPS) is 8.08. The minimum Gasteiger partial charge on any atom is -0.475 e. The monoisotopic (exact) mass is 234 g/mol. The van der Waals surface area contributed by atoms with Crippen molar-refractivity contribution in [3.63, 3.8) is 0 Å². The Labute approximate surface area is 92.0 Å². The fraction of sp³-hybridized carbons (Fsp3) is 0.143. The first-order valence-corrected chi connectivity index (χ1v) is 5.02. The number of anilines is 1. The van der Waals surface area contributed by atoms with Crippen LogP contribution in [0.2, 0.25) is 0 Å². The van der Waals surface area contributed by atoms with Gasteiger partial charge in [-0.05, 0) is 12.2 Å². The Bertz CT molecular complexity index is 248. The van der Waals surface area contributed by atoms with E-state index >= 15 is 0 Å². The van der Waals surface area contributed by atoms with Gasteiger partial charge in [0.25, 0.3) is 0 Å². The van der Waals surface area contributed by atoms with Crippen LogP contribution in [0.3, 0.4) is 0 Å². The Morgan fingerprint density at radius 2 is 2.62 bits per heavy atom. The molecule has 0 saturated carbocycles. The van der Waals surface area contributed by atoms with Crippen LogP contribution in [0.1, 0.15) is 0 Å². The van der Waals surface area contributed by atoms with Crippen LogP contribution in [0.15, 0.2) is 24.2 Å². The third-order valence-corrected chi connectivity index (χ3v) is 1.63. The molecule has 72 valence electrons. The molecule has 1 aromatic rings. The highest BCUT2D eigenvalue weighted by atomic mass is 32.1. The zero-order chi connectivity index (χ0) is 10.1. The summed E-state index contributed by atoms with van der Waals surface area (Å²) >= 11 is 9.59. The molecule has 0 atom stereocenters. The first-order valence-electron chi connectivity index (χ1n) is 3.28. The smallest absolute Gasteiger partial charge is 0.217 e. The van der Waals surface area contributed by atoms with E-state index in [4.69, 9.17) is 5.73 Å². The number of nitrogens with two attached hydrogens (primary N) is 1. The average Bonchev–Trinajstić information content (AvgIpc) is 2.53. The molecule has 0 fully saturated rings. The summed E-state index contributed by atoms with van der Waals surface area (Å²) in [6, 6.07) is 0. The molecule has 0 aromatic carbocycles. The van der Waals surface area contributed by atoms with E-state index in [9.17, 15) is 0 Å². The summed E-state index contributed by atoms with van der Waals surface area (Å²) in [6.07, 6.45) is 3.29. The van der Waals surface area contributed by atoms with Gasteiger partial charge < -0.3 is 10.5 Å². The molecule has 6 heteroatoms. The zero-order valence-electron chi connectivity index (χ0n) is 6.84. The van der Waals surface area contributed by atoms with Crippen LogP contribution in [0, 0.1) is 0 Å². The van der Waals surface area contributed by atoms with Gasteiger partial charge in [-0.3, -0.25) is 0 Å². The van der Waals surface area contributed by atoms with Crippen LogP contribution in [-0.2, 0) is 4.74 Å². The summed E-state index contributed by atoms with van der Waals surface area (Å²) < 4.78 is 4.93. The summed E-state index contributed by atoms with van der Waals surface area (Å²) in [5.41, 5.74) is 5.19. The molecule has 0 saturated heterocycles. The molecule has 0 unspecified atom stereocenters. The number of thiazole rings is 1.